The molecular formula is C8H13ClN4O2S. The van der Waals surface area contributed by atoms with Gasteiger partial charge in [0.2, 0.25) is 10.0 Å². The summed E-state index contributed by atoms with van der Waals surface area (Å²) in [4.78, 5) is 0. The highest BCUT2D eigenvalue weighted by molar-refractivity contribution is 7.89. The summed E-state index contributed by atoms with van der Waals surface area (Å²) >= 11 is 5.56. The second-order valence-corrected chi connectivity index (χ2v) is 5.96. The van der Waals surface area contributed by atoms with Crippen LogP contribution in [-0.2, 0) is 10.0 Å². The van der Waals surface area contributed by atoms with Crippen LogP contribution >= 0.6 is 11.6 Å². The molecule has 0 unspecified atom stereocenters. The fourth-order valence-corrected chi connectivity index (χ4v) is 1.73. The molecule has 0 saturated carbocycles. The van der Waals surface area contributed by atoms with Gasteiger partial charge in [-0.3, -0.25) is 0 Å². The number of halogens is 1. The van der Waals surface area contributed by atoms with Gasteiger partial charge in [-0.15, -0.1) is 10.2 Å². The second kappa shape index (κ2) is 5.42. The molecule has 0 aliphatic heterocycles. The van der Waals surface area contributed by atoms with Gasteiger partial charge in [0.1, 0.15) is 5.82 Å². The van der Waals surface area contributed by atoms with Crippen molar-refractivity contribution in [2.75, 3.05) is 31.7 Å². The Morgan fingerprint density at radius 2 is 2.06 bits per heavy atom. The predicted octanol–water partition coefficient (Wildman–Crippen LogP) is 0.433. The van der Waals surface area contributed by atoms with Gasteiger partial charge in [-0.2, -0.15) is 0 Å². The van der Waals surface area contributed by atoms with Gasteiger partial charge < -0.3 is 5.32 Å². The number of nitrogens with one attached hydrogen (secondary N) is 1. The highest BCUT2D eigenvalue weighted by Crippen LogP contribution is 2.05. The Kier molecular flexibility index (Phi) is 4.45. The van der Waals surface area contributed by atoms with E-state index in [9.17, 15) is 8.42 Å². The average molecular weight is 265 g/mol. The molecule has 1 aromatic rings. The van der Waals surface area contributed by atoms with Gasteiger partial charge in [-0.1, -0.05) is 11.6 Å². The normalized spacial score (nSPS) is 11.8. The topological polar surface area (TPSA) is 75.2 Å². The van der Waals surface area contributed by atoms with Crippen LogP contribution in [0.1, 0.15) is 0 Å². The van der Waals surface area contributed by atoms with Gasteiger partial charge in [0.25, 0.3) is 0 Å². The molecule has 1 heterocycles. The molecule has 16 heavy (non-hydrogen) atoms. The molecule has 0 saturated heterocycles. The molecule has 0 aliphatic carbocycles. The lowest BCUT2D eigenvalue weighted by atomic mass is 10.5. The second-order valence-electron chi connectivity index (χ2n) is 3.27. The van der Waals surface area contributed by atoms with Crippen LogP contribution in [0.3, 0.4) is 0 Å². The third kappa shape index (κ3) is 3.92. The molecule has 0 radical (unpaired) electrons. The minimum atomic E-state index is -3.18. The Balaban J connectivity index is 2.45. The number of rotatable bonds is 5. The molecule has 1 rings (SSSR count). The van der Waals surface area contributed by atoms with E-state index in [-0.39, 0.29) is 12.3 Å². The lowest BCUT2D eigenvalue weighted by Crippen LogP contribution is -2.28. The van der Waals surface area contributed by atoms with Gasteiger partial charge in [0.05, 0.1) is 5.75 Å². The zero-order valence-corrected chi connectivity index (χ0v) is 10.6. The van der Waals surface area contributed by atoms with E-state index in [2.05, 4.69) is 15.5 Å². The van der Waals surface area contributed by atoms with Crippen molar-refractivity contribution in [3.8, 4) is 0 Å². The fourth-order valence-electron chi connectivity index (χ4n) is 0.901. The average Bonchev–Trinajstić information content (AvgIpc) is 2.20. The number of nitrogens with zero attached hydrogens (tertiary/aromatic N) is 3. The maximum absolute atomic E-state index is 11.4. The van der Waals surface area contributed by atoms with Gasteiger partial charge in [0, 0.05) is 20.6 Å². The predicted molar refractivity (Wildman–Crippen MR) is 63.0 cm³/mol. The molecule has 8 heteroatoms. The van der Waals surface area contributed by atoms with Crippen molar-refractivity contribution in [1.82, 2.24) is 14.5 Å². The standard InChI is InChI=1S/C8H13ClN4O2S/c1-13(2)16(14,15)6-5-10-8-4-3-7(9)11-12-8/h3-4H,5-6H2,1-2H3,(H,10,12). The van der Waals surface area contributed by atoms with E-state index in [0.717, 1.165) is 0 Å². The number of hydrogen-bond donors (Lipinski definition) is 1. The van der Waals surface area contributed by atoms with Crippen molar-refractivity contribution in [3.63, 3.8) is 0 Å². The smallest absolute Gasteiger partial charge is 0.215 e. The van der Waals surface area contributed by atoms with Crippen molar-refractivity contribution < 1.29 is 8.42 Å². The molecule has 0 bridgehead atoms. The Bertz CT molecular complexity index is 432. The van der Waals surface area contributed by atoms with Gasteiger partial charge >= 0.3 is 0 Å². The fraction of sp³-hybridized carbons (Fsp3) is 0.500. The Morgan fingerprint density at radius 1 is 1.38 bits per heavy atom. The van der Waals surface area contributed by atoms with Crippen LogP contribution in [0.4, 0.5) is 5.82 Å². The molecule has 90 valence electrons. The van der Waals surface area contributed by atoms with E-state index in [1.165, 1.54) is 18.4 Å². The van der Waals surface area contributed by atoms with E-state index in [1.54, 1.807) is 12.1 Å². The first-order valence-electron chi connectivity index (χ1n) is 4.55. The molecule has 0 aliphatic rings. The molecule has 0 amide bonds. The van der Waals surface area contributed by atoms with Crippen LogP contribution in [0.5, 0.6) is 0 Å². The highest BCUT2D eigenvalue weighted by Gasteiger charge is 2.12. The molecule has 0 aromatic carbocycles. The minimum absolute atomic E-state index is 0.00427. The third-order valence-corrected chi connectivity index (χ3v) is 3.89. The van der Waals surface area contributed by atoms with E-state index in [0.29, 0.717) is 11.0 Å². The lowest BCUT2D eigenvalue weighted by molar-refractivity contribution is 0.521. The monoisotopic (exact) mass is 264 g/mol. The highest BCUT2D eigenvalue weighted by atomic mass is 35.5. The van der Waals surface area contributed by atoms with Crippen LogP contribution in [0.25, 0.3) is 0 Å². The van der Waals surface area contributed by atoms with E-state index < -0.39 is 10.0 Å². The van der Waals surface area contributed by atoms with E-state index in [1.807, 2.05) is 0 Å². The van der Waals surface area contributed by atoms with Crippen LogP contribution in [0.15, 0.2) is 12.1 Å². The summed E-state index contributed by atoms with van der Waals surface area (Å²) < 4.78 is 24.0. The summed E-state index contributed by atoms with van der Waals surface area (Å²) in [6, 6.07) is 3.22. The van der Waals surface area contributed by atoms with Crippen molar-refractivity contribution in [2.45, 2.75) is 0 Å². The summed E-state index contributed by atoms with van der Waals surface area (Å²) in [5.74, 6) is 0.503. The number of hydrogen-bond acceptors (Lipinski definition) is 5. The van der Waals surface area contributed by atoms with E-state index in [4.69, 9.17) is 11.6 Å². The molecule has 6 nitrogen and oxygen atoms in total. The molecule has 0 fully saturated rings. The molecule has 0 spiro atoms. The quantitative estimate of drug-likeness (QED) is 0.835. The van der Waals surface area contributed by atoms with Gasteiger partial charge in [0.15, 0.2) is 5.15 Å². The Hall–Kier alpha value is -0.920. The van der Waals surface area contributed by atoms with Crippen LogP contribution < -0.4 is 5.32 Å². The zero-order valence-electron chi connectivity index (χ0n) is 9.01. The first-order valence-corrected chi connectivity index (χ1v) is 6.54. The maximum Gasteiger partial charge on any atom is 0.215 e. The van der Waals surface area contributed by atoms with Gasteiger partial charge in [-0.25, -0.2) is 12.7 Å². The Morgan fingerprint density at radius 3 is 2.56 bits per heavy atom. The Labute approximate surface area is 99.7 Å². The minimum Gasteiger partial charge on any atom is -0.368 e. The SMILES string of the molecule is CN(C)S(=O)(=O)CCNc1ccc(Cl)nn1. The first kappa shape index (κ1) is 13.1. The van der Waals surface area contributed by atoms with Crippen LogP contribution in [-0.4, -0.2) is 49.3 Å². The first-order chi connectivity index (χ1) is 7.42. The van der Waals surface area contributed by atoms with Crippen LogP contribution in [0, 0.1) is 0 Å². The molecular weight excluding hydrogens is 252 g/mol. The molecule has 0 atom stereocenters. The number of aromatic nitrogens is 2. The van der Waals surface area contributed by atoms with E-state index >= 15 is 0 Å². The van der Waals surface area contributed by atoms with Gasteiger partial charge in [-0.05, 0) is 12.1 Å². The lowest BCUT2D eigenvalue weighted by Gasteiger charge is -2.11. The molecule has 1 aromatic heterocycles. The summed E-state index contributed by atoms with van der Waals surface area (Å²) in [5.41, 5.74) is 0. The summed E-state index contributed by atoms with van der Waals surface area (Å²) in [5, 5.41) is 10.5. The molecule has 1 N–H and O–H groups in total. The summed E-state index contributed by atoms with van der Waals surface area (Å²) in [6.45, 7) is 0.275. The third-order valence-electron chi connectivity index (χ3n) is 1.85. The summed E-state index contributed by atoms with van der Waals surface area (Å²) in [7, 11) is -0.185. The van der Waals surface area contributed by atoms with Crippen molar-refractivity contribution in [2.24, 2.45) is 0 Å². The van der Waals surface area contributed by atoms with Crippen molar-refractivity contribution >= 4 is 27.4 Å². The maximum atomic E-state index is 11.4. The number of anilines is 1. The van der Waals surface area contributed by atoms with Crippen molar-refractivity contribution in [1.29, 1.82) is 0 Å². The number of sulfonamides is 1. The van der Waals surface area contributed by atoms with Crippen molar-refractivity contribution in [3.05, 3.63) is 17.3 Å². The van der Waals surface area contributed by atoms with Crippen LogP contribution in [0.2, 0.25) is 5.15 Å². The zero-order chi connectivity index (χ0) is 12.2. The summed E-state index contributed by atoms with van der Waals surface area (Å²) in [6.07, 6.45) is 0. The largest absolute Gasteiger partial charge is 0.368 e.